The van der Waals surface area contributed by atoms with E-state index in [2.05, 4.69) is 10.6 Å². The fraction of sp³-hybridized carbons (Fsp3) is 0.300. The Labute approximate surface area is 222 Å². The lowest BCUT2D eigenvalue weighted by molar-refractivity contribution is -0.139. The highest BCUT2D eigenvalue weighted by Gasteiger charge is 2.37. The van der Waals surface area contributed by atoms with Gasteiger partial charge in [-0.15, -0.1) is 0 Å². The number of benzene rings is 3. The maximum atomic E-state index is 13.7. The normalized spacial score (nSPS) is 15.5. The summed E-state index contributed by atoms with van der Waals surface area (Å²) in [5.41, 5.74) is 2.73. The number of hydrogen-bond acceptors (Lipinski definition) is 5. The van der Waals surface area contributed by atoms with E-state index < -0.39 is 18.2 Å². The van der Waals surface area contributed by atoms with Gasteiger partial charge >= 0.3 is 6.09 Å². The largest absolute Gasteiger partial charge is 0.508 e. The quantitative estimate of drug-likeness (QED) is 0.383. The number of hydrogen-bond donors (Lipinski definition) is 3. The first kappa shape index (κ1) is 26.7. The minimum Gasteiger partial charge on any atom is -0.508 e. The number of nitrogens with zero attached hydrogens (tertiary/aromatic N) is 1. The molecule has 1 fully saturated rings. The Morgan fingerprint density at radius 2 is 1.55 bits per heavy atom. The van der Waals surface area contributed by atoms with E-state index in [1.165, 1.54) is 0 Å². The van der Waals surface area contributed by atoms with Gasteiger partial charge in [-0.1, -0.05) is 72.8 Å². The number of amides is 3. The number of ether oxygens (including phenoxy) is 1. The third kappa shape index (κ3) is 7.59. The van der Waals surface area contributed by atoms with Crippen LogP contribution in [-0.2, 0) is 33.8 Å². The Morgan fingerprint density at radius 3 is 2.24 bits per heavy atom. The molecule has 1 heterocycles. The van der Waals surface area contributed by atoms with Gasteiger partial charge in [0.05, 0.1) is 0 Å². The predicted octanol–water partition coefficient (Wildman–Crippen LogP) is 3.58. The summed E-state index contributed by atoms with van der Waals surface area (Å²) in [5, 5.41) is 15.1. The van der Waals surface area contributed by atoms with Crippen molar-refractivity contribution in [1.82, 2.24) is 15.5 Å². The highest BCUT2D eigenvalue weighted by atomic mass is 16.5. The van der Waals surface area contributed by atoms with Crippen molar-refractivity contribution in [2.24, 2.45) is 0 Å². The van der Waals surface area contributed by atoms with Crippen molar-refractivity contribution in [2.75, 3.05) is 13.1 Å². The van der Waals surface area contributed by atoms with Crippen molar-refractivity contribution in [3.63, 3.8) is 0 Å². The van der Waals surface area contributed by atoms with Gasteiger partial charge < -0.3 is 25.4 Å². The average molecular weight is 516 g/mol. The summed E-state index contributed by atoms with van der Waals surface area (Å²) >= 11 is 0. The molecule has 0 bridgehead atoms. The van der Waals surface area contributed by atoms with Gasteiger partial charge in [0.15, 0.2) is 0 Å². The van der Waals surface area contributed by atoms with E-state index in [0.717, 1.165) is 16.7 Å². The number of likely N-dealkylation sites (tertiary alicyclic amines) is 1. The summed E-state index contributed by atoms with van der Waals surface area (Å²) in [6.45, 7) is 0.954. The molecule has 0 unspecified atom stereocenters. The Balaban J connectivity index is 1.38. The van der Waals surface area contributed by atoms with Crippen LogP contribution in [0.4, 0.5) is 4.79 Å². The van der Waals surface area contributed by atoms with E-state index in [9.17, 15) is 19.5 Å². The number of nitrogens with one attached hydrogen (secondary N) is 2. The van der Waals surface area contributed by atoms with Crippen molar-refractivity contribution < 1.29 is 24.2 Å². The minimum atomic E-state index is -0.869. The van der Waals surface area contributed by atoms with Gasteiger partial charge in [-0.3, -0.25) is 9.59 Å². The SMILES string of the molecule is O=C(N[C@H](Cc1ccccc1)C(=O)N1CCC[C@H]1C(=O)NCCc1ccc(O)cc1)OCc1ccccc1. The molecule has 38 heavy (non-hydrogen) atoms. The summed E-state index contributed by atoms with van der Waals surface area (Å²) in [4.78, 5) is 40.9. The summed E-state index contributed by atoms with van der Waals surface area (Å²) in [7, 11) is 0. The zero-order valence-corrected chi connectivity index (χ0v) is 21.2. The van der Waals surface area contributed by atoms with Crippen molar-refractivity contribution in [1.29, 1.82) is 0 Å². The van der Waals surface area contributed by atoms with Crippen LogP contribution in [0.2, 0.25) is 0 Å². The first-order valence-electron chi connectivity index (χ1n) is 12.9. The number of aromatic hydroxyl groups is 1. The van der Waals surface area contributed by atoms with E-state index in [-0.39, 0.29) is 30.6 Å². The highest BCUT2D eigenvalue weighted by Crippen LogP contribution is 2.20. The third-order valence-corrected chi connectivity index (χ3v) is 6.57. The van der Waals surface area contributed by atoms with Crippen LogP contribution >= 0.6 is 0 Å². The van der Waals surface area contributed by atoms with Gasteiger partial charge in [-0.2, -0.15) is 0 Å². The maximum Gasteiger partial charge on any atom is 0.408 e. The van der Waals surface area contributed by atoms with Crippen molar-refractivity contribution >= 4 is 17.9 Å². The van der Waals surface area contributed by atoms with Crippen molar-refractivity contribution in [2.45, 2.75) is 44.4 Å². The van der Waals surface area contributed by atoms with Gasteiger partial charge in [-0.25, -0.2) is 4.79 Å². The molecule has 1 saturated heterocycles. The second-order valence-electron chi connectivity index (χ2n) is 9.35. The Morgan fingerprint density at radius 1 is 0.895 bits per heavy atom. The van der Waals surface area contributed by atoms with E-state index in [1.807, 2.05) is 72.8 Å². The standard InChI is InChI=1S/C30H33N3O5/c34-25-15-13-22(14-16-25)17-18-31-28(35)27-12-7-19-33(27)29(36)26(20-23-8-3-1-4-9-23)32-30(37)38-21-24-10-5-2-6-11-24/h1-6,8-11,13-16,26-27,34H,7,12,17-21H2,(H,31,35)(H,32,37)/t26-,27+/m1/s1. The molecule has 3 aromatic rings. The Bertz CT molecular complexity index is 1200. The molecule has 3 aromatic carbocycles. The summed E-state index contributed by atoms with van der Waals surface area (Å²) in [6, 6.07) is 24.1. The number of rotatable bonds is 10. The topological polar surface area (TPSA) is 108 Å². The molecule has 1 aliphatic rings. The second kappa shape index (κ2) is 13.3. The molecule has 2 atom stereocenters. The number of alkyl carbamates (subject to hydrolysis) is 1. The fourth-order valence-electron chi connectivity index (χ4n) is 4.57. The number of phenolic OH excluding ortho intramolecular Hbond substituents is 1. The Hall–Kier alpha value is -4.33. The van der Waals surface area contributed by atoms with E-state index in [0.29, 0.717) is 32.4 Å². The summed E-state index contributed by atoms with van der Waals surface area (Å²) in [6.07, 6.45) is 1.48. The molecule has 3 amide bonds. The van der Waals surface area contributed by atoms with Crippen LogP contribution in [0.25, 0.3) is 0 Å². The van der Waals surface area contributed by atoms with Gasteiger partial charge in [0, 0.05) is 19.5 Å². The molecule has 198 valence electrons. The molecule has 0 aromatic heterocycles. The van der Waals surface area contributed by atoms with Crippen LogP contribution in [0.15, 0.2) is 84.9 Å². The first-order chi connectivity index (χ1) is 18.5. The van der Waals surface area contributed by atoms with Gasteiger partial charge in [0.25, 0.3) is 0 Å². The van der Waals surface area contributed by atoms with Crippen molar-refractivity contribution in [3.05, 3.63) is 102 Å². The predicted molar refractivity (Wildman–Crippen MR) is 143 cm³/mol. The molecule has 4 rings (SSSR count). The lowest BCUT2D eigenvalue weighted by Gasteiger charge is -2.28. The second-order valence-corrected chi connectivity index (χ2v) is 9.35. The lowest BCUT2D eigenvalue weighted by atomic mass is 10.0. The fourth-order valence-corrected chi connectivity index (χ4v) is 4.57. The minimum absolute atomic E-state index is 0.0920. The molecule has 8 nitrogen and oxygen atoms in total. The average Bonchev–Trinajstić information content (AvgIpc) is 3.44. The lowest BCUT2D eigenvalue weighted by Crippen LogP contribution is -2.54. The van der Waals surface area contributed by atoms with Crippen LogP contribution in [0.1, 0.15) is 29.5 Å². The number of phenols is 1. The third-order valence-electron chi connectivity index (χ3n) is 6.57. The zero-order chi connectivity index (χ0) is 26.7. The molecule has 0 aliphatic carbocycles. The number of carbonyl (C=O) groups is 3. The van der Waals surface area contributed by atoms with Crippen molar-refractivity contribution in [3.8, 4) is 5.75 Å². The van der Waals surface area contributed by atoms with Crippen LogP contribution in [0.3, 0.4) is 0 Å². The molecule has 1 aliphatic heterocycles. The first-order valence-corrected chi connectivity index (χ1v) is 12.9. The molecule has 0 radical (unpaired) electrons. The van der Waals surface area contributed by atoms with Gasteiger partial charge in [0.2, 0.25) is 11.8 Å². The molecular formula is C30H33N3O5. The smallest absolute Gasteiger partial charge is 0.408 e. The highest BCUT2D eigenvalue weighted by molar-refractivity contribution is 5.92. The number of carbonyl (C=O) groups excluding carboxylic acids is 3. The zero-order valence-electron chi connectivity index (χ0n) is 21.2. The van der Waals surface area contributed by atoms with Crippen LogP contribution in [-0.4, -0.2) is 53.1 Å². The van der Waals surface area contributed by atoms with Gasteiger partial charge in [0.1, 0.15) is 24.4 Å². The Kier molecular flexibility index (Phi) is 9.34. The van der Waals surface area contributed by atoms with E-state index in [1.54, 1.807) is 17.0 Å². The van der Waals surface area contributed by atoms with E-state index in [4.69, 9.17) is 4.74 Å². The van der Waals surface area contributed by atoms with Crippen LogP contribution < -0.4 is 10.6 Å². The van der Waals surface area contributed by atoms with E-state index >= 15 is 0 Å². The monoisotopic (exact) mass is 515 g/mol. The van der Waals surface area contributed by atoms with Gasteiger partial charge in [-0.05, 0) is 48.1 Å². The summed E-state index contributed by atoms with van der Waals surface area (Å²) < 4.78 is 5.37. The molecule has 3 N–H and O–H groups in total. The molecule has 0 spiro atoms. The molecular weight excluding hydrogens is 482 g/mol. The van der Waals surface area contributed by atoms with Crippen LogP contribution in [0, 0.1) is 0 Å². The molecule has 8 heteroatoms. The maximum absolute atomic E-state index is 13.7. The summed E-state index contributed by atoms with van der Waals surface area (Å²) in [5.74, 6) is -0.318. The molecule has 0 saturated carbocycles. The van der Waals surface area contributed by atoms with Crippen LogP contribution in [0.5, 0.6) is 5.75 Å².